The summed E-state index contributed by atoms with van der Waals surface area (Å²) in [7, 11) is 0. The van der Waals surface area contributed by atoms with Gasteiger partial charge in [-0.25, -0.2) is 9.37 Å². The lowest BCUT2D eigenvalue weighted by Gasteiger charge is -2.09. The Hall–Kier alpha value is -3.00. The van der Waals surface area contributed by atoms with Gasteiger partial charge in [0.1, 0.15) is 16.6 Å². The van der Waals surface area contributed by atoms with Crippen LogP contribution in [0.5, 0.6) is 0 Å². The summed E-state index contributed by atoms with van der Waals surface area (Å²) in [6, 6.07) is 14.4. The summed E-state index contributed by atoms with van der Waals surface area (Å²) in [4.78, 5) is 15.9. The molecule has 8 heteroatoms. The van der Waals surface area contributed by atoms with Gasteiger partial charge in [0.25, 0.3) is 0 Å². The number of carboxylic acid groups (broad SMARTS) is 1. The van der Waals surface area contributed by atoms with Gasteiger partial charge in [-0.3, -0.25) is 4.79 Å². The maximum absolute atomic E-state index is 13.8. The molecule has 0 radical (unpaired) electrons. The van der Waals surface area contributed by atoms with Gasteiger partial charge in [0.05, 0.1) is 5.52 Å². The Morgan fingerprint density at radius 1 is 1.21 bits per heavy atom. The number of hydrogen-bond donors (Lipinski definition) is 1. The average molecular weight is 396 g/mol. The SMILES string of the molecule is CCC(Sc1nnc2c3cc(F)ccc3n(Cc3ccccc3)c2n1)C(=O)O. The molecule has 0 aliphatic heterocycles. The second-order valence-corrected chi connectivity index (χ2v) is 7.52. The molecule has 2 aromatic carbocycles. The molecule has 28 heavy (non-hydrogen) atoms. The predicted octanol–water partition coefficient (Wildman–Crippen LogP) is 4.12. The summed E-state index contributed by atoms with van der Waals surface area (Å²) < 4.78 is 15.8. The van der Waals surface area contributed by atoms with Crippen LogP contribution in [-0.4, -0.2) is 36.1 Å². The van der Waals surface area contributed by atoms with Crippen LogP contribution >= 0.6 is 11.8 Å². The standard InChI is InChI=1S/C20H17FN4O2S/c1-2-16(19(26)27)28-20-22-18-17(23-24-20)14-10-13(21)8-9-15(14)25(18)11-12-6-4-3-5-7-12/h3-10,16H,2,11H2,1H3,(H,26,27). The molecule has 0 saturated heterocycles. The van der Waals surface area contributed by atoms with Crippen molar-refractivity contribution in [3.8, 4) is 0 Å². The van der Waals surface area contributed by atoms with E-state index in [9.17, 15) is 14.3 Å². The molecule has 0 bridgehead atoms. The first kappa shape index (κ1) is 18.4. The molecule has 6 nitrogen and oxygen atoms in total. The van der Waals surface area contributed by atoms with Crippen LogP contribution in [0, 0.1) is 5.82 Å². The Bertz CT molecular complexity index is 1160. The molecule has 2 heterocycles. The minimum atomic E-state index is -0.914. The zero-order chi connectivity index (χ0) is 19.7. The molecule has 0 aliphatic rings. The molecular weight excluding hydrogens is 379 g/mol. The third-order valence-electron chi connectivity index (χ3n) is 4.49. The van der Waals surface area contributed by atoms with E-state index in [1.54, 1.807) is 13.0 Å². The first-order chi connectivity index (χ1) is 13.6. The van der Waals surface area contributed by atoms with E-state index in [1.807, 2.05) is 34.9 Å². The summed E-state index contributed by atoms with van der Waals surface area (Å²) in [5.41, 5.74) is 2.92. The minimum Gasteiger partial charge on any atom is -0.480 e. The average Bonchev–Trinajstić information content (AvgIpc) is 2.99. The second kappa shape index (κ2) is 7.55. The zero-order valence-corrected chi connectivity index (χ0v) is 15.9. The Labute approximate surface area is 164 Å². The van der Waals surface area contributed by atoms with Crippen molar-refractivity contribution in [3.05, 3.63) is 59.9 Å². The van der Waals surface area contributed by atoms with E-state index < -0.39 is 11.2 Å². The fraction of sp³-hybridized carbons (Fsp3) is 0.200. The van der Waals surface area contributed by atoms with Crippen LogP contribution < -0.4 is 0 Å². The van der Waals surface area contributed by atoms with Gasteiger partial charge in [-0.1, -0.05) is 49.0 Å². The molecule has 0 aliphatic carbocycles. The number of benzene rings is 2. The third kappa shape index (κ3) is 3.43. The summed E-state index contributed by atoms with van der Waals surface area (Å²) >= 11 is 1.07. The highest BCUT2D eigenvalue weighted by molar-refractivity contribution is 8.00. The van der Waals surface area contributed by atoms with Crippen LogP contribution in [0.15, 0.2) is 53.7 Å². The van der Waals surface area contributed by atoms with Gasteiger partial charge in [-0.15, -0.1) is 10.2 Å². The second-order valence-electron chi connectivity index (χ2n) is 6.35. The topological polar surface area (TPSA) is 80.9 Å². The van der Waals surface area contributed by atoms with Gasteiger partial charge in [0.15, 0.2) is 5.65 Å². The number of carboxylic acids is 1. The monoisotopic (exact) mass is 396 g/mol. The van der Waals surface area contributed by atoms with Crippen molar-refractivity contribution in [1.29, 1.82) is 0 Å². The quantitative estimate of drug-likeness (QED) is 0.494. The summed E-state index contributed by atoms with van der Waals surface area (Å²) in [5.74, 6) is -1.27. The number of nitrogens with zero attached hydrogens (tertiary/aromatic N) is 4. The van der Waals surface area contributed by atoms with Gasteiger partial charge in [-0.2, -0.15) is 0 Å². The Kier molecular flexibility index (Phi) is 4.95. The number of aliphatic carboxylic acids is 1. The minimum absolute atomic E-state index is 0.291. The fourth-order valence-electron chi connectivity index (χ4n) is 3.12. The van der Waals surface area contributed by atoms with E-state index in [-0.39, 0.29) is 5.82 Å². The van der Waals surface area contributed by atoms with Crippen LogP contribution in [0.2, 0.25) is 0 Å². The molecule has 0 spiro atoms. The molecule has 4 aromatic rings. The molecule has 1 unspecified atom stereocenters. The van der Waals surface area contributed by atoms with Crippen molar-refractivity contribution in [2.75, 3.05) is 0 Å². The van der Waals surface area contributed by atoms with Crippen LogP contribution in [0.3, 0.4) is 0 Å². The molecular formula is C20H17FN4O2S. The van der Waals surface area contributed by atoms with Crippen molar-refractivity contribution < 1.29 is 14.3 Å². The molecule has 1 atom stereocenters. The lowest BCUT2D eigenvalue weighted by Crippen LogP contribution is -2.15. The van der Waals surface area contributed by atoms with Gasteiger partial charge >= 0.3 is 5.97 Å². The number of hydrogen-bond acceptors (Lipinski definition) is 5. The number of aromatic nitrogens is 4. The smallest absolute Gasteiger partial charge is 0.317 e. The lowest BCUT2D eigenvalue weighted by molar-refractivity contribution is -0.136. The van der Waals surface area contributed by atoms with E-state index in [4.69, 9.17) is 0 Å². The first-order valence-corrected chi connectivity index (χ1v) is 9.70. The van der Waals surface area contributed by atoms with E-state index >= 15 is 0 Å². The van der Waals surface area contributed by atoms with Gasteiger partial charge in [-0.05, 0) is 30.2 Å². The zero-order valence-electron chi connectivity index (χ0n) is 15.0. The van der Waals surface area contributed by atoms with Crippen molar-refractivity contribution in [2.45, 2.75) is 30.3 Å². The molecule has 0 saturated carbocycles. The number of rotatable bonds is 6. The molecule has 4 rings (SSSR count). The van der Waals surface area contributed by atoms with Gasteiger partial charge in [0.2, 0.25) is 5.16 Å². The molecule has 0 amide bonds. The maximum Gasteiger partial charge on any atom is 0.317 e. The summed E-state index contributed by atoms with van der Waals surface area (Å²) in [6.45, 7) is 2.33. The normalized spacial score (nSPS) is 12.5. The molecule has 1 N–H and O–H groups in total. The highest BCUT2D eigenvalue weighted by atomic mass is 32.2. The van der Waals surface area contributed by atoms with Crippen molar-refractivity contribution in [2.24, 2.45) is 0 Å². The maximum atomic E-state index is 13.8. The fourth-order valence-corrected chi connectivity index (χ4v) is 3.87. The Balaban J connectivity index is 1.87. The van der Waals surface area contributed by atoms with Crippen molar-refractivity contribution in [3.63, 3.8) is 0 Å². The summed E-state index contributed by atoms with van der Waals surface area (Å²) in [5, 5.41) is 17.9. The molecule has 0 fully saturated rings. The van der Waals surface area contributed by atoms with E-state index in [2.05, 4.69) is 15.2 Å². The Morgan fingerprint density at radius 3 is 2.71 bits per heavy atom. The third-order valence-corrected chi connectivity index (χ3v) is 5.69. The van der Waals surface area contributed by atoms with Gasteiger partial charge < -0.3 is 9.67 Å². The summed E-state index contributed by atoms with van der Waals surface area (Å²) in [6.07, 6.45) is 0.444. The van der Waals surface area contributed by atoms with E-state index in [1.165, 1.54) is 12.1 Å². The largest absolute Gasteiger partial charge is 0.480 e. The highest BCUT2D eigenvalue weighted by Crippen LogP contribution is 2.30. The van der Waals surface area contributed by atoms with Gasteiger partial charge in [0, 0.05) is 11.9 Å². The van der Waals surface area contributed by atoms with Crippen LogP contribution in [-0.2, 0) is 11.3 Å². The number of carbonyl (C=O) groups is 1. The predicted molar refractivity (Wildman–Crippen MR) is 106 cm³/mol. The Morgan fingerprint density at radius 2 is 2.00 bits per heavy atom. The van der Waals surface area contributed by atoms with E-state index in [0.717, 1.165) is 22.8 Å². The van der Waals surface area contributed by atoms with E-state index in [0.29, 0.717) is 34.7 Å². The number of fused-ring (bicyclic) bond motifs is 3. The van der Waals surface area contributed by atoms with Crippen LogP contribution in [0.1, 0.15) is 18.9 Å². The first-order valence-electron chi connectivity index (χ1n) is 8.82. The lowest BCUT2D eigenvalue weighted by atomic mass is 10.2. The van der Waals surface area contributed by atoms with Crippen molar-refractivity contribution in [1.82, 2.24) is 19.7 Å². The van der Waals surface area contributed by atoms with Crippen LogP contribution in [0.25, 0.3) is 22.1 Å². The van der Waals surface area contributed by atoms with Crippen LogP contribution in [0.4, 0.5) is 4.39 Å². The molecule has 142 valence electrons. The highest BCUT2D eigenvalue weighted by Gasteiger charge is 2.21. The number of thioether (sulfide) groups is 1. The molecule has 2 aromatic heterocycles. The number of halogens is 1. The van der Waals surface area contributed by atoms with Crippen molar-refractivity contribution >= 4 is 39.8 Å².